The molecule has 8 heteroatoms. The van der Waals surface area contributed by atoms with Crippen LogP contribution in [-0.2, 0) is 23.7 Å². The summed E-state index contributed by atoms with van der Waals surface area (Å²) >= 11 is 0. The van der Waals surface area contributed by atoms with Crippen molar-refractivity contribution in [1.29, 1.82) is 0 Å². The van der Waals surface area contributed by atoms with E-state index in [4.69, 9.17) is 24.7 Å². The van der Waals surface area contributed by atoms with Crippen LogP contribution in [-0.4, -0.2) is 65.6 Å². The number of nitrogens with two attached hydrogens (primary N) is 1. The Hall–Kier alpha value is -0.600. The topological polar surface area (TPSA) is 89.2 Å². The number of primary amides is 1. The average molecular weight is 302 g/mol. The molecule has 1 amide bonds. The summed E-state index contributed by atoms with van der Waals surface area (Å²) in [6, 6.07) is 0. The maximum absolute atomic E-state index is 10.2. The number of hydrogen-bond acceptors (Lipinski definition) is 6. The molecule has 0 aliphatic heterocycles. The Labute approximate surface area is 120 Å². The lowest BCUT2D eigenvalue weighted by Gasteiger charge is -2.06. The van der Waals surface area contributed by atoms with Crippen LogP contribution >= 0.6 is 12.4 Å². The highest BCUT2D eigenvalue weighted by Gasteiger charge is 1.94. The van der Waals surface area contributed by atoms with E-state index < -0.39 is 6.09 Å². The van der Waals surface area contributed by atoms with E-state index in [1.165, 1.54) is 0 Å². The lowest BCUT2D eigenvalue weighted by molar-refractivity contribution is -0.00516. The maximum Gasteiger partial charge on any atom is 0.404 e. The molecule has 19 heavy (non-hydrogen) atoms. The zero-order valence-electron chi connectivity index (χ0n) is 11.3. The van der Waals surface area contributed by atoms with E-state index in [2.05, 4.69) is 4.74 Å². The molecular formula is C11H24ClNO6. The molecule has 0 fully saturated rings. The van der Waals surface area contributed by atoms with Gasteiger partial charge in [-0.2, -0.15) is 0 Å². The monoisotopic (exact) mass is 301 g/mol. The fourth-order valence-electron chi connectivity index (χ4n) is 1.01. The lowest BCUT2D eigenvalue weighted by atomic mass is 10.7. The van der Waals surface area contributed by atoms with Gasteiger partial charge in [0.05, 0.1) is 46.2 Å². The van der Waals surface area contributed by atoms with Crippen molar-refractivity contribution in [2.24, 2.45) is 5.73 Å². The van der Waals surface area contributed by atoms with E-state index in [1.807, 2.05) is 6.92 Å². The first kappa shape index (κ1) is 20.7. The molecule has 0 rings (SSSR count). The van der Waals surface area contributed by atoms with Crippen LogP contribution in [0.2, 0.25) is 0 Å². The molecule has 116 valence electrons. The van der Waals surface area contributed by atoms with Gasteiger partial charge in [0.15, 0.2) is 0 Å². The van der Waals surface area contributed by atoms with Crippen molar-refractivity contribution in [3.8, 4) is 0 Å². The molecule has 0 aliphatic rings. The molecule has 0 aliphatic carbocycles. The summed E-state index contributed by atoms with van der Waals surface area (Å²) < 4.78 is 25.2. The molecule has 0 radical (unpaired) electrons. The van der Waals surface area contributed by atoms with E-state index >= 15 is 0 Å². The van der Waals surface area contributed by atoms with Gasteiger partial charge in [-0.1, -0.05) is 0 Å². The predicted octanol–water partition coefficient (Wildman–Crippen LogP) is 0.590. The standard InChI is InChI=1S/C11H23NO6.ClH/c1-2-14-3-4-15-5-6-16-7-8-17-9-10-18-11(12)13;/h2-10H2,1H3,(H2,12,13);1H. The number of carbonyl (C=O) groups excluding carboxylic acids is 1. The molecule has 0 spiro atoms. The molecule has 0 aromatic carbocycles. The van der Waals surface area contributed by atoms with Crippen LogP contribution in [0.25, 0.3) is 0 Å². The fraction of sp³-hybridized carbons (Fsp3) is 0.909. The van der Waals surface area contributed by atoms with Crippen molar-refractivity contribution in [3.05, 3.63) is 0 Å². The van der Waals surface area contributed by atoms with E-state index in [9.17, 15) is 4.79 Å². The van der Waals surface area contributed by atoms with Crippen LogP contribution in [0.4, 0.5) is 4.79 Å². The normalized spacial score (nSPS) is 9.95. The minimum atomic E-state index is -0.793. The van der Waals surface area contributed by atoms with Crippen molar-refractivity contribution in [3.63, 3.8) is 0 Å². The van der Waals surface area contributed by atoms with Crippen LogP contribution in [0.3, 0.4) is 0 Å². The highest BCUT2D eigenvalue weighted by Crippen LogP contribution is 1.83. The Kier molecular flexibility index (Phi) is 19.0. The molecular weight excluding hydrogens is 278 g/mol. The largest absolute Gasteiger partial charge is 0.447 e. The van der Waals surface area contributed by atoms with Crippen molar-refractivity contribution in [2.45, 2.75) is 6.92 Å². The zero-order chi connectivity index (χ0) is 13.5. The summed E-state index contributed by atoms with van der Waals surface area (Å²) in [6.07, 6.45) is -0.793. The van der Waals surface area contributed by atoms with Crippen LogP contribution in [0, 0.1) is 0 Å². The third kappa shape index (κ3) is 19.9. The van der Waals surface area contributed by atoms with Gasteiger partial charge >= 0.3 is 6.09 Å². The Bertz CT molecular complexity index is 196. The molecule has 0 unspecified atom stereocenters. The summed E-state index contributed by atoms with van der Waals surface area (Å²) in [6.45, 7) is 6.30. The predicted molar refractivity (Wildman–Crippen MR) is 71.7 cm³/mol. The number of ether oxygens (including phenoxy) is 5. The minimum absolute atomic E-state index is 0. The van der Waals surface area contributed by atoms with E-state index in [0.29, 0.717) is 52.9 Å². The highest BCUT2D eigenvalue weighted by molar-refractivity contribution is 5.85. The van der Waals surface area contributed by atoms with E-state index in [-0.39, 0.29) is 19.0 Å². The number of amides is 1. The van der Waals surface area contributed by atoms with Gasteiger partial charge in [-0.05, 0) is 6.92 Å². The van der Waals surface area contributed by atoms with Gasteiger partial charge in [-0.15, -0.1) is 12.4 Å². The van der Waals surface area contributed by atoms with Gasteiger partial charge in [0.25, 0.3) is 0 Å². The average Bonchev–Trinajstić information content (AvgIpc) is 2.34. The van der Waals surface area contributed by atoms with Crippen molar-refractivity contribution < 1.29 is 28.5 Å². The van der Waals surface area contributed by atoms with Gasteiger partial charge in [0, 0.05) is 6.61 Å². The number of hydrogen-bond donors (Lipinski definition) is 1. The molecule has 0 aromatic rings. The number of carbonyl (C=O) groups is 1. The van der Waals surface area contributed by atoms with E-state index in [0.717, 1.165) is 0 Å². The van der Waals surface area contributed by atoms with Crippen LogP contribution in [0.15, 0.2) is 0 Å². The summed E-state index contributed by atoms with van der Waals surface area (Å²) in [5.74, 6) is 0. The smallest absolute Gasteiger partial charge is 0.404 e. The van der Waals surface area contributed by atoms with Gasteiger partial charge in [0.1, 0.15) is 6.61 Å². The molecule has 0 saturated carbocycles. The van der Waals surface area contributed by atoms with E-state index in [1.54, 1.807) is 0 Å². The van der Waals surface area contributed by atoms with Gasteiger partial charge < -0.3 is 29.4 Å². The van der Waals surface area contributed by atoms with Crippen molar-refractivity contribution in [2.75, 3.05) is 59.5 Å². The molecule has 0 bridgehead atoms. The van der Waals surface area contributed by atoms with Crippen molar-refractivity contribution >= 4 is 18.5 Å². The summed E-state index contributed by atoms with van der Waals surface area (Å²) in [5, 5.41) is 0. The lowest BCUT2D eigenvalue weighted by Crippen LogP contribution is -2.17. The molecule has 0 atom stereocenters. The third-order valence-electron chi connectivity index (χ3n) is 1.79. The quantitative estimate of drug-likeness (QED) is 0.501. The SMILES string of the molecule is CCOCCOCCOCCOCCOC(N)=O.Cl. The first-order valence-electron chi connectivity index (χ1n) is 6.00. The van der Waals surface area contributed by atoms with Crippen molar-refractivity contribution in [1.82, 2.24) is 0 Å². The zero-order valence-corrected chi connectivity index (χ0v) is 12.1. The Morgan fingerprint density at radius 3 is 1.53 bits per heavy atom. The second-order valence-electron chi connectivity index (χ2n) is 3.20. The Morgan fingerprint density at radius 2 is 1.16 bits per heavy atom. The van der Waals surface area contributed by atoms with Gasteiger partial charge in [-0.25, -0.2) is 4.79 Å². The number of halogens is 1. The first-order valence-corrected chi connectivity index (χ1v) is 6.00. The Balaban J connectivity index is 0. The second-order valence-corrected chi connectivity index (χ2v) is 3.20. The summed E-state index contributed by atoms with van der Waals surface area (Å²) in [5.41, 5.74) is 4.77. The molecule has 0 saturated heterocycles. The van der Waals surface area contributed by atoms with Gasteiger partial charge in [0.2, 0.25) is 0 Å². The fourth-order valence-corrected chi connectivity index (χ4v) is 1.01. The Morgan fingerprint density at radius 1 is 0.789 bits per heavy atom. The maximum atomic E-state index is 10.2. The first-order chi connectivity index (χ1) is 8.77. The van der Waals surface area contributed by atoms with Crippen LogP contribution < -0.4 is 5.73 Å². The molecule has 0 aromatic heterocycles. The third-order valence-corrected chi connectivity index (χ3v) is 1.79. The summed E-state index contributed by atoms with van der Waals surface area (Å²) in [4.78, 5) is 10.2. The summed E-state index contributed by atoms with van der Waals surface area (Å²) in [7, 11) is 0. The molecule has 2 N–H and O–H groups in total. The minimum Gasteiger partial charge on any atom is -0.447 e. The van der Waals surface area contributed by atoms with Crippen LogP contribution in [0.1, 0.15) is 6.92 Å². The van der Waals surface area contributed by atoms with Gasteiger partial charge in [-0.3, -0.25) is 0 Å². The number of rotatable bonds is 13. The van der Waals surface area contributed by atoms with Crippen LogP contribution in [0.5, 0.6) is 0 Å². The molecule has 0 heterocycles. The highest BCUT2D eigenvalue weighted by atomic mass is 35.5. The molecule has 7 nitrogen and oxygen atoms in total. The second kappa shape index (κ2) is 17.4.